The van der Waals surface area contributed by atoms with Crippen molar-refractivity contribution < 1.29 is 0 Å². The molecule has 0 N–H and O–H groups in total. The first kappa shape index (κ1) is 84.4. The summed E-state index contributed by atoms with van der Waals surface area (Å²) in [6.07, 6.45) is 1.90. The van der Waals surface area contributed by atoms with Gasteiger partial charge in [-0.25, -0.2) is 54.8 Å². The molecule has 636 valence electrons. The van der Waals surface area contributed by atoms with Gasteiger partial charge in [0.15, 0.2) is 58.2 Å². The van der Waals surface area contributed by atoms with Crippen molar-refractivity contribution in [1.29, 1.82) is 0 Å². The first-order valence-electron chi connectivity index (χ1n) is 44.6. The molecule has 6 aromatic heterocycles. The second kappa shape index (κ2) is 39.0. The van der Waals surface area contributed by atoms with Crippen molar-refractivity contribution in [3.63, 3.8) is 0 Å². The molecular formula is C121H87N13. The largest absolute Gasteiger partial charge is 0.261 e. The normalized spacial score (nSPS) is 11.0. The fraction of sp³-hybridized carbons (Fsp3) is 0.0331. The van der Waals surface area contributed by atoms with Gasteiger partial charge in [-0.2, -0.15) is 0 Å². The van der Waals surface area contributed by atoms with Crippen molar-refractivity contribution in [3.05, 3.63) is 478 Å². The lowest BCUT2D eigenvalue weighted by Gasteiger charge is -2.11. The predicted octanol–water partition coefficient (Wildman–Crippen LogP) is 29.6. The molecule has 0 radical (unpaired) electrons. The molecule has 22 rings (SSSR count). The third kappa shape index (κ3) is 19.6. The van der Waals surface area contributed by atoms with Crippen molar-refractivity contribution in [2.24, 2.45) is 0 Å². The van der Waals surface area contributed by atoms with Crippen LogP contribution in [0, 0.1) is 27.7 Å². The number of benzene rings is 16. The first-order chi connectivity index (χ1) is 66.0. The molecule has 13 heteroatoms. The van der Waals surface area contributed by atoms with E-state index in [0.29, 0.717) is 52.4 Å². The van der Waals surface area contributed by atoms with Crippen LogP contribution in [0.2, 0.25) is 0 Å². The van der Waals surface area contributed by atoms with Gasteiger partial charge < -0.3 is 0 Å². The minimum Gasteiger partial charge on any atom is -0.261 e. The van der Waals surface area contributed by atoms with E-state index >= 15 is 0 Å². The van der Waals surface area contributed by atoms with Gasteiger partial charge in [0.2, 0.25) is 0 Å². The molecule has 0 fully saturated rings. The lowest BCUT2D eigenvalue weighted by Crippen LogP contribution is -2.00. The maximum atomic E-state index is 5.06. The topological polar surface area (TPSA) is 168 Å². The van der Waals surface area contributed by atoms with Gasteiger partial charge in [0.1, 0.15) is 0 Å². The number of aromatic nitrogens is 13. The van der Waals surface area contributed by atoms with Gasteiger partial charge in [0.05, 0.1) is 5.69 Å². The lowest BCUT2D eigenvalue weighted by atomic mass is 9.98. The number of fused-ring (bicyclic) bond motifs is 1. The lowest BCUT2D eigenvalue weighted by molar-refractivity contribution is 1.06. The van der Waals surface area contributed by atoms with Crippen molar-refractivity contribution in [2.75, 3.05) is 0 Å². The highest BCUT2D eigenvalue weighted by Gasteiger charge is 2.20. The Morgan fingerprint density at radius 2 is 0.336 bits per heavy atom. The number of rotatable bonds is 18. The van der Waals surface area contributed by atoms with Crippen molar-refractivity contribution >= 4 is 10.8 Å². The SMILES string of the molecule is Cc1cc(C)nc(-c2ccc(-c3ccc(-c4nc(-c5ccccc5)nc(-c5ccc(-c6ccccc6)cc5)n4)cc3)cc2)n1.Cc1cc2ccccc2c(-c2ccc(-c3cccc(-c4nc(-c5ccc(-c6ccccc6)cc5)nc(-c5ccc(-c6ccccc6)cc5)n4)c3)cc2)n1.Cc1ccc(-c2ccc(-c3nc(-c4ccccc4)nc(-c4ccc(-c5ccccc5)cc4)n3)cc2)cn1. The Balaban J connectivity index is 0.000000127. The molecule has 0 aliphatic carbocycles. The van der Waals surface area contributed by atoms with Crippen LogP contribution < -0.4 is 0 Å². The van der Waals surface area contributed by atoms with Crippen LogP contribution in [0.1, 0.15) is 22.8 Å². The second-order valence-corrected chi connectivity index (χ2v) is 32.8. The van der Waals surface area contributed by atoms with Gasteiger partial charge >= 0.3 is 0 Å². The van der Waals surface area contributed by atoms with E-state index in [9.17, 15) is 0 Å². The van der Waals surface area contributed by atoms with Gasteiger partial charge in [-0.3, -0.25) is 9.97 Å². The van der Waals surface area contributed by atoms with E-state index in [1.54, 1.807) is 0 Å². The maximum absolute atomic E-state index is 5.06. The minimum atomic E-state index is 0.623. The van der Waals surface area contributed by atoms with E-state index in [4.69, 9.17) is 49.8 Å². The molecule has 6 heterocycles. The van der Waals surface area contributed by atoms with E-state index in [2.05, 4.69) is 355 Å². The van der Waals surface area contributed by atoms with Crippen LogP contribution in [0.4, 0.5) is 0 Å². The van der Waals surface area contributed by atoms with Crippen LogP contribution in [0.3, 0.4) is 0 Å². The third-order valence-corrected chi connectivity index (χ3v) is 23.4. The van der Waals surface area contributed by atoms with Crippen LogP contribution in [0.5, 0.6) is 0 Å². The van der Waals surface area contributed by atoms with E-state index in [1.807, 2.05) is 143 Å². The number of hydrogen-bond donors (Lipinski definition) is 0. The maximum Gasteiger partial charge on any atom is 0.164 e. The van der Waals surface area contributed by atoms with Gasteiger partial charge in [0, 0.05) is 101 Å². The quantitative estimate of drug-likeness (QED) is 0.0797. The summed E-state index contributed by atoms with van der Waals surface area (Å²) in [5, 5.41) is 2.35. The molecule has 0 saturated heterocycles. The molecule has 0 aliphatic heterocycles. The van der Waals surface area contributed by atoms with Crippen LogP contribution in [0.15, 0.2) is 455 Å². The van der Waals surface area contributed by atoms with E-state index in [1.165, 1.54) is 27.6 Å². The Hall–Kier alpha value is -17.8. The monoisotopic (exact) mass is 1720 g/mol. The van der Waals surface area contributed by atoms with E-state index in [-0.39, 0.29) is 0 Å². The Bertz CT molecular complexity index is 7700. The van der Waals surface area contributed by atoms with E-state index < -0.39 is 0 Å². The molecular weight excluding hydrogens is 1640 g/mol. The molecule has 0 unspecified atom stereocenters. The number of pyridine rings is 2. The highest BCUT2D eigenvalue weighted by Crippen LogP contribution is 2.38. The first-order valence-corrected chi connectivity index (χ1v) is 44.6. The van der Waals surface area contributed by atoms with Gasteiger partial charge in [0.25, 0.3) is 0 Å². The Morgan fingerprint density at radius 1 is 0.127 bits per heavy atom. The summed E-state index contributed by atoms with van der Waals surface area (Å²) < 4.78 is 0. The van der Waals surface area contributed by atoms with Gasteiger partial charge in [-0.05, 0) is 130 Å². The zero-order chi connectivity index (χ0) is 90.5. The summed E-state index contributed by atoms with van der Waals surface area (Å²) in [5.74, 6) is 6.49. The summed E-state index contributed by atoms with van der Waals surface area (Å²) in [7, 11) is 0. The molecule has 0 aliphatic rings. The minimum absolute atomic E-state index is 0.623. The summed E-state index contributed by atoms with van der Waals surface area (Å²) in [4.78, 5) is 62.9. The highest BCUT2D eigenvalue weighted by molar-refractivity contribution is 5.95. The summed E-state index contributed by atoms with van der Waals surface area (Å²) in [5.41, 5.74) is 31.3. The molecule has 13 nitrogen and oxygen atoms in total. The Morgan fingerprint density at radius 3 is 0.642 bits per heavy atom. The molecule has 0 spiro atoms. The summed E-state index contributed by atoms with van der Waals surface area (Å²) in [6.45, 7) is 8.03. The molecule has 0 bridgehead atoms. The fourth-order valence-electron chi connectivity index (χ4n) is 16.4. The molecule has 0 saturated carbocycles. The average molecular weight is 1720 g/mol. The zero-order valence-corrected chi connectivity index (χ0v) is 74.1. The fourth-order valence-corrected chi connectivity index (χ4v) is 16.4. The van der Waals surface area contributed by atoms with Crippen molar-refractivity contribution in [1.82, 2.24) is 64.8 Å². The Labute approximate surface area is 779 Å². The molecule has 134 heavy (non-hydrogen) atoms. The van der Waals surface area contributed by atoms with Crippen molar-refractivity contribution in [2.45, 2.75) is 27.7 Å². The smallest absolute Gasteiger partial charge is 0.164 e. The number of nitrogens with zero attached hydrogens (tertiary/aromatic N) is 13. The second-order valence-electron chi connectivity index (χ2n) is 32.8. The highest BCUT2D eigenvalue weighted by atomic mass is 15.1. The Kier molecular flexibility index (Phi) is 24.6. The zero-order valence-electron chi connectivity index (χ0n) is 74.1. The van der Waals surface area contributed by atoms with Crippen LogP contribution in [-0.4, -0.2) is 64.8 Å². The van der Waals surface area contributed by atoms with Gasteiger partial charge in [-0.15, -0.1) is 0 Å². The molecule has 22 aromatic rings. The number of aryl methyl sites for hydroxylation is 4. The molecule has 0 amide bonds. The van der Waals surface area contributed by atoms with Crippen LogP contribution >= 0.6 is 0 Å². The summed E-state index contributed by atoms with van der Waals surface area (Å²) in [6, 6.07) is 154. The molecule has 0 atom stereocenters. The number of hydrogen-bond acceptors (Lipinski definition) is 13. The van der Waals surface area contributed by atoms with E-state index in [0.717, 1.165) is 157 Å². The van der Waals surface area contributed by atoms with Crippen molar-refractivity contribution in [3.8, 4) is 203 Å². The third-order valence-electron chi connectivity index (χ3n) is 23.4. The standard InChI is InChI=1S/C49H34N4.C39H29N5.C33H24N4/c1-33-31-43-15-8-9-18-45(43)46(50-33)39-25-19-38(20-26-39)42-16-10-17-44(32-42)49-52-47(40-27-21-36(22-28-40)34-11-4-2-5-12-34)51-48(53-49)41-29-23-37(24-30-41)35-13-6-3-7-14-35;1-26-25-27(2)41-36(40-26)33-19-15-30(16-20-33)31-17-23-35(24-18-31)39-43-37(32-11-7-4-8-12-32)42-38(44-39)34-21-13-29(14-22-34)28-9-5-3-6-10-28;1-23-12-13-30(22-34-23)26-16-20-29(21-17-26)33-36-31(27-10-6-3-7-11-27)35-32(37-33)28-18-14-25(15-19-28)24-8-4-2-5-9-24/h2-32H,1H3;3-25H,1-2H3;2-22H,1H3. The average Bonchev–Trinajstić information content (AvgIpc) is 0.792. The van der Waals surface area contributed by atoms with Crippen LogP contribution in [0.25, 0.3) is 214 Å². The predicted molar refractivity (Wildman–Crippen MR) is 545 cm³/mol. The van der Waals surface area contributed by atoms with Gasteiger partial charge in [-0.1, -0.05) is 425 Å². The molecule has 16 aromatic carbocycles. The summed E-state index contributed by atoms with van der Waals surface area (Å²) >= 11 is 0. The van der Waals surface area contributed by atoms with Crippen LogP contribution in [-0.2, 0) is 0 Å².